The number of aromatic nitrogens is 5. The monoisotopic (exact) mass is 532 g/mol. The average molecular weight is 533 g/mol. The lowest BCUT2D eigenvalue weighted by Gasteiger charge is -2.32. The van der Waals surface area contributed by atoms with E-state index >= 15 is 0 Å². The van der Waals surface area contributed by atoms with Gasteiger partial charge in [0, 0.05) is 37.9 Å². The number of nitrogens with one attached hydrogen (secondary N) is 1. The molecule has 10 heteroatoms. The summed E-state index contributed by atoms with van der Waals surface area (Å²) in [4.78, 5) is 19.0. The van der Waals surface area contributed by atoms with Crippen molar-refractivity contribution in [1.82, 2.24) is 30.1 Å². The van der Waals surface area contributed by atoms with Gasteiger partial charge >= 0.3 is 0 Å². The third-order valence-corrected chi connectivity index (χ3v) is 7.08. The van der Waals surface area contributed by atoms with Crippen LogP contribution < -0.4 is 10.3 Å². The van der Waals surface area contributed by atoms with E-state index in [4.69, 9.17) is 14.2 Å². The lowest BCUT2D eigenvalue weighted by atomic mass is 10.0. The molecular weight excluding hydrogens is 496 g/mol. The summed E-state index contributed by atoms with van der Waals surface area (Å²) in [5.74, 6) is 1.42. The Kier molecular flexibility index (Phi) is 8.65. The standard InChI is InChI=1S/C29H36N6O4/c1-4-38-23-10-8-21(9-11-23)18-34(19-24-6-5-14-39-24)27(28-31-32-33-35(28)13-15-37-3)25-17-22-16-20(2)7-12-26(22)30-29(25)36/h7-12,16-17,24,27H,4-6,13-15,18-19H2,1-3H3,(H,30,36)/t24-,27+/m1/s1. The molecule has 0 unspecified atom stereocenters. The highest BCUT2D eigenvalue weighted by Gasteiger charge is 2.33. The van der Waals surface area contributed by atoms with Crippen LogP contribution in [0.5, 0.6) is 5.75 Å². The molecule has 1 saturated heterocycles. The van der Waals surface area contributed by atoms with E-state index in [9.17, 15) is 4.79 Å². The van der Waals surface area contributed by atoms with Crippen LogP contribution in [0.15, 0.2) is 53.3 Å². The fourth-order valence-corrected chi connectivity index (χ4v) is 5.19. The quantitative estimate of drug-likeness (QED) is 0.295. The molecular formula is C29H36N6O4. The van der Waals surface area contributed by atoms with Gasteiger partial charge in [-0.25, -0.2) is 4.68 Å². The number of hydrogen-bond donors (Lipinski definition) is 1. The van der Waals surface area contributed by atoms with E-state index in [-0.39, 0.29) is 11.7 Å². The number of pyridine rings is 1. The fraction of sp³-hybridized carbons (Fsp3) is 0.448. The second-order valence-corrected chi connectivity index (χ2v) is 9.94. The molecule has 2 aromatic heterocycles. The number of nitrogens with zero attached hydrogens (tertiary/aromatic N) is 5. The molecule has 0 spiro atoms. The van der Waals surface area contributed by atoms with Crippen LogP contribution in [0.2, 0.25) is 0 Å². The number of aryl methyl sites for hydroxylation is 1. The Morgan fingerprint density at radius 3 is 2.79 bits per heavy atom. The Bertz CT molecular complexity index is 1430. The molecule has 4 aromatic rings. The smallest absolute Gasteiger partial charge is 0.253 e. The molecule has 2 atom stereocenters. The van der Waals surface area contributed by atoms with Crippen LogP contribution in [0.4, 0.5) is 0 Å². The zero-order valence-corrected chi connectivity index (χ0v) is 22.8. The Labute approximate surface area is 227 Å². The third kappa shape index (κ3) is 6.35. The molecule has 39 heavy (non-hydrogen) atoms. The first-order chi connectivity index (χ1) is 19.1. The molecule has 206 valence electrons. The summed E-state index contributed by atoms with van der Waals surface area (Å²) in [7, 11) is 1.65. The number of benzene rings is 2. The maximum Gasteiger partial charge on any atom is 0.253 e. The number of ether oxygens (including phenoxy) is 3. The van der Waals surface area contributed by atoms with E-state index in [1.54, 1.807) is 11.8 Å². The number of rotatable bonds is 12. The van der Waals surface area contributed by atoms with Crippen LogP contribution in [-0.4, -0.2) is 69.7 Å². The molecule has 0 radical (unpaired) electrons. The van der Waals surface area contributed by atoms with Crippen LogP contribution in [0.25, 0.3) is 10.9 Å². The molecule has 0 saturated carbocycles. The third-order valence-electron chi connectivity index (χ3n) is 7.08. The minimum atomic E-state index is -0.513. The predicted molar refractivity (Wildman–Crippen MR) is 148 cm³/mol. The first-order valence-corrected chi connectivity index (χ1v) is 13.5. The van der Waals surface area contributed by atoms with E-state index < -0.39 is 6.04 Å². The van der Waals surface area contributed by atoms with Crippen molar-refractivity contribution < 1.29 is 14.2 Å². The summed E-state index contributed by atoms with van der Waals surface area (Å²) in [6.45, 7) is 7.48. The minimum Gasteiger partial charge on any atom is -0.494 e. The van der Waals surface area contributed by atoms with Crippen molar-refractivity contribution in [2.75, 3.05) is 33.5 Å². The van der Waals surface area contributed by atoms with Gasteiger partial charge < -0.3 is 19.2 Å². The summed E-state index contributed by atoms with van der Waals surface area (Å²) in [6.07, 6.45) is 2.04. The maximum absolute atomic E-state index is 13.7. The summed E-state index contributed by atoms with van der Waals surface area (Å²) in [5.41, 5.74) is 3.43. The van der Waals surface area contributed by atoms with Gasteiger partial charge in [-0.15, -0.1) is 5.10 Å². The first-order valence-electron chi connectivity index (χ1n) is 13.5. The van der Waals surface area contributed by atoms with Crippen molar-refractivity contribution >= 4 is 10.9 Å². The summed E-state index contributed by atoms with van der Waals surface area (Å²) < 4.78 is 18.8. The van der Waals surface area contributed by atoms with Gasteiger partial charge in [-0.2, -0.15) is 0 Å². The van der Waals surface area contributed by atoms with Crippen molar-refractivity contribution in [2.45, 2.75) is 51.9 Å². The Balaban J connectivity index is 1.62. The average Bonchev–Trinajstić information content (AvgIpc) is 3.62. The molecule has 0 amide bonds. The van der Waals surface area contributed by atoms with E-state index in [0.29, 0.717) is 44.2 Å². The molecule has 5 rings (SSSR count). The largest absolute Gasteiger partial charge is 0.494 e. The number of H-pyrrole nitrogens is 1. The number of aromatic amines is 1. The first kappa shape index (κ1) is 27.0. The van der Waals surface area contributed by atoms with Gasteiger partial charge in [0.05, 0.1) is 25.9 Å². The Morgan fingerprint density at radius 1 is 1.21 bits per heavy atom. The lowest BCUT2D eigenvalue weighted by molar-refractivity contribution is 0.0569. The van der Waals surface area contributed by atoms with Gasteiger partial charge in [0.1, 0.15) is 11.8 Å². The maximum atomic E-state index is 13.7. The van der Waals surface area contributed by atoms with Crippen molar-refractivity contribution in [2.24, 2.45) is 0 Å². The summed E-state index contributed by atoms with van der Waals surface area (Å²) >= 11 is 0. The van der Waals surface area contributed by atoms with Gasteiger partial charge in [0.25, 0.3) is 5.56 Å². The molecule has 1 fully saturated rings. The van der Waals surface area contributed by atoms with Crippen molar-refractivity contribution in [3.8, 4) is 5.75 Å². The van der Waals surface area contributed by atoms with E-state index in [0.717, 1.165) is 47.2 Å². The SMILES string of the molecule is CCOc1ccc(CN(C[C@H]2CCCO2)[C@@H](c2cc3cc(C)ccc3[nH]c2=O)c2nnnn2CCOC)cc1. The molecule has 2 aromatic carbocycles. The highest BCUT2D eigenvalue weighted by molar-refractivity contribution is 5.79. The highest BCUT2D eigenvalue weighted by atomic mass is 16.5. The van der Waals surface area contributed by atoms with Crippen LogP contribution in [-0.2, 0) is 22.6 Å². The number of fused-ring (bicyclic) bond motifs is 1. The Morgan fingerprint density at radius 2 is 2.05 bits per heavy atom. The predicted octanol–water partition coefficient (Wildman–Crippen LogP) is 3.64. The fourth-order valence-electron chi connectivity index (χ4n) is 5.19. The topological polar surface area (TPSA) is 107 Å². The van der Waals surface area contributed by atoms with Gasteiger partial charge in [-0.3, -0.25) is 9.69 Å². The minimum absolute atomic E-state index is 0.0558. The van der Waals surface area contributed by atoms with Gasteiger partial charge in [-0.05, 0) is 78.4 Å². The number of tetrazole rings is 1. The second kappa shape index (κ2) is 12.5. The molecule has 1 aliphatic heterocycles. The zero-order valence-electron chi connectivity index (χ0n) is 22.8. The molecule has 0 aliphatic carbocycles. The van der Waals surface area contributed by atoms with Gasteiger partial charge in [-0.1, -0.05) is 23.8 Å². The number of methoxy groups -OCH3 is 1. The van der Waals surface area contributed by atoms with Crippen LogP contribution in [0.1, 0.15) is 48.3 Å². The lowest BCUT2D eigenvalue weighted by Crippen LogP contribution is -2.39. The second-order valence-electron chi connectivity index (χ2n) is 9.94. The molecule has 3 heterocycles. The van der Waals surface area contributed by atoms with Crippen molar-refractivity contribution in [3.63, 3.8) is 0 Å². The van der Waals surface area contributed by atoms with Crippen molar-refractivity contribution in [3.05, 3.63) is 81.4 Å². The summed E-state index contributed by atoms with van der Waals surface area (Å²) in [5, 5.41) is 13.7. The van der Waals surface area contributed by atoms with E-state index in [2.05, 4.69) is 43.6 Å². The summed E-state index contributed by atoms with van der Waals surface area (Å²) in [6, 6.07) is 15.6. The normalized spacial score (nSPS) is 16.3. The van der Waals surface area contributed by atoms with Crippen LogP contribution in [0, 0.1) is 6.92 Å². The highest BCUT2D eigenvalue weighted by Crippen LogP contribution is 2.30. The van der Waals surface area contributed by atoms with Crippen molar-refractivity contribution in [1.29, 1.82) is 0 Å². The molecule has 0 bridgehead atoms. The van der Waals surface area contributed by atoms with E-state index in [1.807, 2.05) is 44.2 Å². The molecule has 1 aliphatic rings. The van der Waals surface area contributed by atoms with Crippen LogP contribution in [0.3, 0.4) is 0 Å². The van der Waals surface area contributed by atoms with E-state index in [1.165, 1.54) is 0 Å². The van der Waals surface area contributed by atoms with Gasteiger partial charge in [0.2, 0.25) is 0 Å². The van der Waals surface area contributed by atoms with Gasteiger partial charge in [0.15, 0.2) is 5.82 Å². The Hall–Kier alpha value is -3.60. The molecule has 1 N–H and O–H groups in total. The zero-order chi connectivity index (χ0) is 27.2. The number of hydrogen-bond acceptors (Lipinski definition) is 8. The molecule has 10 nitrogen and oxygen atoms in total. The van der Waals surface area contributed by atoms with Crippen LogP contribution >= 0.6 is 0 Å².